The van der Waals surface area contributed by atoms with Crippen LogP contribution in [0.2, 0.25) is 0 Å². The van der Waals surface area contributed by atoms with E-state index in [-0.39, 0.29) is 5.78 Å². The molecule has 0 radical (unpaired) electrons. The minimum Gasteiger partial charge on any atom is -0.362 e. The van der Waals surface area contributed by atoms with Crippen LogP contribution in [0.3, 0.4) is 0 Å². The highest BCUT2D eigenvalue weighted by atomic mass is 79.9. The Kier molecular flexibility index (Phi) is 5.34. The molecule has 0 atom stereocenters. The van der Waals surface area contributed by atoms with Gasteiger partial charge in [0.25, 0.3) is 0 Å². The summed E-state index contributed by atoms with van der Waals surface area (Å²) in [7, 11) is 0. The van der Waals surface area contributed by atoms with Crippen LogP contribution in [0.5, 0.6) is 0 Å². The molecule has 0 aromatic heterocycles. The van der Waals surface area contributed by atoms with Crippen molar-refractivity contribution in [3.05, 3.63) is 76.4 Å². The van der Waals surface area contributed by atoms with Crippen molar-refractivity contribution >= 4 is 27.4 Å². The van der Waals surface area contributed by atoms with Crippen molar-refractivity contribution in [3.8, 4) is 0 Å². The van der Waals surface area contributed by atoms with E-state index in [0.29, 0.717) is 11.5 Å². The first-order valence-electron chi connectivity index (χ1n) is 6.89. The van der Waals surface area contributed by atoms with Crippen molar-refractivity contribution in [1.29, 1.82) is 0 Å². The number of hydrogen-bond acceptors (Lipinski definition) is 2. The summed E-state index contributed by atoms with van der Waals surface area (Å²) in [5.41, 5.74) is 2.94. The maximum Gasteiger partial charge on any atom is 0.187 e. The van der Waals surface area contributed by atoms with Gasteiger partial charge in [-0.1, -0.05) is 54.0 Å². The Bertz CT molecular complexity index is 645. The molecule has 3 heteroatoms. The third-order valence-corrected chi connectivity index (χ3v) is 3.66. The molecule has 0 fully saturated rings. The molecule has 0 bridgehead atoms. The molecule has 0 spiro atoms. The summed E-state index contributed by atoms with van der Waals surface area (Å²) in [6, 6.07) is 15.6. The van der Waals surface area contributed by atoms with Gasteiger partial charge >= 0.3 is 0 Å². The number of anilines is 1. The number of hydrogen-bond donors (Lipinski definition) is 1. The Morgan fingerprint density at radius 3 is 2.48 bits per heavy atom. The highest BCUT2D eigenvalue weighted by Gasteiger charge is 2.01. The van der Waals surface area contributed by atoms with Gasteiger partial charge in [0.1, 0.15) is 0 Å². The van der Waals surface area contributed by atoms with E-state index >= 15 is 0 Å². The average Bonchev–Trinajstić information content (AvgIpc) is 2.47. The van der Waals surface area contributed by atoms with Gasteiger partial charge < -0.3 is 5.32 Å². The Morgan fingerprint density at radius 2 is 1.86 bits per heavy atom. The summed E-state index contributed by atoms with van der Waals surface area (Å²) >= 11 is 3.36. The molecule has 2 aromatic carbocycles. The van der Waals surface area contributed by atoms with Crippen LogP contribution < -0.4 is 5.32 Å². The van der Waals surface area contributed by atoms with Crippen LogP contribution in [0.1, 0.15) is 35.7 Å². The molecule has 0 saturated carbocycles. The van der Waals surface area contributed by atoms with Crippen LogP contribution in [-0.2, 0) is 0 Å². The Morgan fingerprint density at radius 1 is 1.14 bits per heavy atom. The van der Waals surface area contributed by atoms with Crippen molar-refractivity contribution in [1.82, 2.24) is 0 Å². The summed E-state index contributed by atoms with van der Waals surface area (Å²) < 4.78 is 0.902. The zero-order valence-electron chi connectivity index (χ0n) is 12.1. The van der Waals surface area contributed by atoms with Gasteiger partial charge in [-0.15, -0.1) is 0 Å². The first kappa shape index (κ1) is 15.5. The second kappa shape index (κ2) is 7.23. The second-order valence-electron chi connectivity index (χ2n) is 5.13. The number of benzene rings is 2. The predicted octanol–water partition coefficient (Wildman–Crippen LogP) is 5.38. The van der Waals surface area contributed by atoms with Crippen molar-refractivity contribution in [2.75, 3.05) is 5.32 Å². The third kappa shape index (κ3) is 4.57. The zero-order chi connectivity index (χ0) is 15.2. The largest absolute Gasteiger partial charge is 0.362 e. The van der Waals surface area contributed by atoms with E-state index in [9.17, 15) is 4.79 Å². The SMILES string of the molecule is CC(C)c1ccc(N/C=C/C(=O)c2cccc(Br)c2)cc1. The Labute approximate surface area is 134 Å². The minimum absolute atomic E-state index is 0.0254. The first-order valence-corrected chi connectivity index (χ1v) is 7.68. The topological polar surface area (TPSA) is 29.1 Å². The third-order valence-electron chi connectivity index (χ3n) is 3.17. The number of allylic oxidation sites excluding steroid dienone is 1. The number of nitrogens with one attached hydrogen (secondary N) is 1. The van der Waals surface area contributed by atoms with Gasteiger partial charge in [0, 0.05) is 28.0 Å². The fraction of sp³-hybridized carbons (Fsp3) is 0.167. The smallest absolute Gasteiger partial charge is 0.187 e. The average molecular weight is 344 g/mol. The molecule has 0 amide bonds. The van der Waals surface area contributed by atoms with E-state index in [4.69, 9.17) is 0 Å². The zero-order valence-corrected chi connectivity index (χ0v) is 13.7. The van der Waals surface area contributed by atoms with Crippen LogP contribution in [-0.4, -0.2) is 5.78 Å². The maximum atomic E-state index is 12.0. The quantitative estimate of drug-likeness (QED) is 0.583. The highest BCUT2D eigenvalue weighted by molar-refractivity contribution is 9.10. The summed E-state index contributed by atoms with van der Waals surface area (Å²) in [5.74, 6) is 0.496. The van der Waals surface area contributed by atoms with E-state index in [1.165, 1.54) is 11.6 Å². The van der Waals surface area contributed by atoms with Crippen LogP contribution in [0.15, 0.2) is 65.3 Å². The summed E-state index contributed by atoms with van der Waals surface area (Å²) in [4.78, 5) is 12.0. The number of halogens is 1. The molecular formula is C18H18BrNO. The second-order valence-corrected chi connectivity index (χ2v) is 6.04. The normalized spacial score (nSPS) is 11.0. The first-order chi connectivity index (χ1) is 10.1. The highest BCUT2D eigenvalue weighted by Crippen LogP contribution is 2.17. The van der Waals surface area contributed by atoms with Crippen LogP contribution in [0.25, 0.3) is 0 Å². The summed E-state index contributed by atoms with van der Waals surface area (Å²) in [6.45, 7) is 4.33. The lowest BCUT2D eigenvalue weighted by molar-refractivity contribution is 0.104. The fourth-order valence-corrected chi connectivity index (χ4v) is 2.32. The van der Waals surface area contributed by atoms with Gasteiger partial charge in [-0.2, -0.15) is 0 Å². The van der Waals surface area contributed by atoms with E-state index in [1.54, 1.807) is 12.3 Å². The van der Waals surface area contributed by atoms with Gasteiger partial charge in [-0.05, 0) is 35.7 Å². The molecule has 0 unspecified atom stereocenters. The van der Waals surface area contributed by atoms with Gasteiger partial charge in [0.15, 0.2) is 5.78 Å². The van der Waals surface area contributed by atoms with Crippen molar-refractivity contribution in [2.24, 2.45) is 0 Å². The molecule has 108 valence electrons. The van der Waals surface area contributed by atoms with E-state index in [2.05, 4.69) is 47.2 Å². The molecule has 0 aliphatic carbocycles. The molecular weight excluding hydrogens is 326 g/mol. The van der Waals surface area contributed by atoms with Crippen molar-refractivity contribution in [2.45, 2.75) is 19.8 Å². The lowest BCUT2D eigenvalue weighted by Crippen LogP contribution is -1.96. The molecule has 2 aromatic rings. The molecule has 0 heterocycles. The lowest BCUT2D eigenvalue weighted by atomic mass is 10.0. The van der Waals surface area contributed by atoms with E-state index in [0.717, 1.165) is 10.2 Å². The molecule has 2 rings (SSSR count). The monoisotopic (exact) mass is 343 g/mol. The maximum absolute atomic E-state index is 12.0. The Hall–Kier alpha value is -1.87. The number of carbonyl (C=O) groups excluding carboxylic acids is 1. The lowest BCUT2D eigenvalue weighted by Gasteiger charge is -2.06. The fourth-order valence-electron chi connectivity index (χ4n) is 1.92. The van der Waals surface area contributed by atoms with Gasteiger partial charge in [0.2, 0.25) is 0 Å². The predicted molar refractivity (Wildman–Crippen MR) is 91.8 cm³/mol. The van der Waals surface area contributed by atoms with Crippen LogP contribution >= 0.6 is 15.9 Å². The van der Waals surface area contributed by atoms with Crippen molar-refractivity contribution < 1.29 is 4.79 Å². The molecule has 0 aliphatic heterocycles. The van der Waals surface area contributed by atoms with Gasteiger partial charge in [0.05, 0.1) is 0 Å². The van der Waals surface area contributed by atoms with Crippen LogP contribution in [0, 0.1) is 0 Å². The molecule has 1 N–H and O–H groups in total. The Balaban J connectivity index is 1.97. The van der Waals surface area contributed by atoms with E-state index < -0.39 is 0 Å². The molecule has 0 aliphatic rings. The molecule has 0 saturated heterocycles. The minimum atomic E-state index is -0.0254. The van der Waals surface area contributed by atoms with Crippen molar-refractivity contribution in [3.63, 3.8) is 0 Å². The summed E-state index contributed by atoms with van der Waals surface area (Å²) in [5, 5.41) is 3.11. The van der Waals surface area contributed by atoms with Gasteiger partial charge in [-0.3, -0.25) is 4.79 Å². The number of carbonyl (C=O) groups is 1. The summed E-state index contributed by atoms with van der Waals surface area (Å²) in [6.07, 6.45) is 3.21. The molecule has 21 heavy (non-hydrogen) atoms. The number of ketones is 1. The number of rotatable bonds is 5. The molecule has 2 nitrogen and oxygen atoms in total. The van der Waals surface area contributed by atoms with Crippen LogP contribution in [0.4, 0.5) is 5.69 Å². The van der Waals surface area contributed by atoms with E-state index in [1.807, 2.05) is 30.3 Å². The van der Waals surface area contributed by atoms with Gasteiger partial charge in [-0.25, -0.2) is 0 Å². The standard InChI is InChI=1S/C18H18BrNO/c1-13(2)14-6-8-17(9-7-14)20-11-10-18(21)15-4-3-5-16(19)12-15/h3-13,20H,1-2H3/b11-10+.